The first kappa shape index (κ1) is 10.3. The van der Waals surface area contributed by atoms with Gasteiger partial charge >= 0.3 is 0 Å². The molecule has 0 radical (unpaired) electrons. The van der Waals surface area contributed by atoms with Crippen LogP contribution in [0.15, 0.2) is 15.7 Å². The number of rotatable bonds is 2. The van der Waals surface area contributed by atoms with Gasteiger partial charge in [0, 0.05) is 12.5 Å². The molecule has 0 amide bonds. The molecule has 13 heavy (non-hydrogen) atoms. The summed E-state index contributed by atoms with van der Waals surface area (Å²) in [6, 6.07) is 0. The number of terminal acetylenes is 1. The minimum Gasteiger partial charge on any atom is -0.258 e. The van der Waals surface area contributed by atoms with Crippen LogP contribution in [0, 0.1) is 12.3 Å². The van der Waals surface area contributed by atoms with Crippen LogP contribution < -0.4 is 0 Å². The molecule has 1 aromatic heterocycles. The van der Waals surface area contributed by atoms with E-state index in [1.165, 1.54) is 10.9 Å². The van der Waals surface area contributed by atoms with E-state index in [9.17, 15) is 8.42 Å². The number of halogens is 1. The molecule has 0 bridgehead atoms. The Labute approximate surface area is 85.0 Å². The Morgan fingerprint density at radius 2 is 2.38 bits per heavy atom. The number of aromatic nitrogens is 2. The maximum Gasteiger partial charge on any atom is 0.179 e. The molecule has 1 rings (SSSR count). The second-order valence-corrected chi connectivity index (χ2v) is 5.19. The lowest BCUT2D eigenvalue weighted by molar-refractivity contribution is 0.601. The molecule has 0 aliphatic carbocycles. The summed E-state index contributed by atoms with van der Waals surface area (Å²) in [6.45, 7) is 0.258. The van der Waals surface area contributed by atoms with Crippen molar-refractivity contribution in [3.63, 3.8) is 0 Å². The summed E-state index contributed by atoms with van der Waals surface area (Å²) in [5, 5.41) is 3.88. The van der Waals surface area contributed by atoms with Crippen molar-refractivity contribution in [1.29, 1.82) is 0 Å². The zero-order chi connectivity index (χ0) is 10.1. The van der Waals surface area contributed by atoms with Crippen molar-refractivity contribution in [3.8, 4) is 12.3 Å². The van der Waals surface area contributed by atoms with Crippen LogP contribution in [0.1, 0.15) is 0 Å². The molecule has 0 saturated carbocycles. The highest BCUT2D eigenvalue weighted by atomic mass is 79.9. The van der Waals surface area contributed by atoms with Gasteiger partial charge in [-0.1, -0.05) is 5.92 Å². The van der Waals surface area contributed by atoms with Crippen LogP contribution in [-0.2, 0) is 16.4 Å². The fraction of sp³-hybridized carbons (Fsp3) is 0.286. The van der Waals surface area contributed by atoms with Crippen LogP contribution >= 0.6 is 15.9 Å². The van der Waals surface area contributed by atoms with Crippen molar-refractivity contribution in [2.45, 2.75) is 11.4 Å². The Balaban J connectivity index is 3.20. The molecule has 6 heteroatoms. The highest BCUT2D eigenvalue weighted by molar-refractivity contribution is 9.10. The fourth-order valence-corrected chi connectivity index (χ4v) is 2.65. The summed E-state index contributed by atoms with van der Waals surface area (Å²) in [4.78, 5) is 0.155. The molecular weight excluding hydrogens is 256 g/mol. The predicted octanol–water partition coefficient (Wildman–Crippen LogP) is 0.682. The van der Waals surface area contributed by atoms with Crippen molar-refractivity contribution < 1.29 is 8.42 Å². The van der Waals surface area contributed by atoms with Gasteiger partial charge in [-0.25, -0.2) is 8.42 Å². The average molecular weight is 263 g/mol. The summed E-state index contributed by atoms with van der Waals surface area (Å²) in [6.07, 6.45) is 7.58. The molecular formula is C7H7BrN2O2S. The predicted molar refractivity (Wildman–Crippen MR) is 51.9 cm³/mol. The van der Waals surface area contributed by atoms with Gasteiger partial charge in [-0.3, -0.25) is 4.68 Å². The van der Waals surface area contributed by atoms with Gasteiger partial charge in [0.15, 0.2) is 9.84 Å². The third kappa shape index (κ3) is 2.32. The van der Waals surface area contributed by atoms with Crippen LogP contribution in [0.5, 0.6) is 0 Å². The highest BCUT2D eigenvalue weighted by Gasteiger charge is 2.15. The lowest BCUT2D eigenvalue weighted by Gasteiger charge is -1.90. The minimum absolute atomic E-state index is 0.155. The Bertz CT molecular complexity index is 455. The second-order valence-electron chi connectivity index (χ2n) is 2.46. The SMILES string of the molecule is C#CCn1cc(S(C)(=O)=O)c(Br)n1. The van der Waals surface area contributed by atoms with Crippen molar-refractivity contribution in [1.82, 2.24) is 9.78 Å². The summed E-state index contributed by atoms with van der Waals surface area (Å²) < 4.78 is 24.0. The van der Waals surface area contributed by atoms with Crippen LogP contribution in [0.25, 0.3) is 0 Å². The first-order chi connectivity index (χ1) is 5.95. The Morgan fingerprint density at radius 3 is 2.77 bits per heavy atom. The fourth-order valence-electron chi connectivity index (χ4n) is 0.803. The lowest BCUT2D eigenvalue weighted by atomic mass is 10.6. The van der Waals surface area contributed by atoms with Crippen LogP contribution in [0.4, 0.5) is 0 Å². The standard InChI is InChI=1S/C7H7BrN2O2S/c1-3-4-10-5-6(7(8)9-10)13(2,11)12/h1,5H,4H2,2H3. The summed E-state index contributed by atoms with van der Waals surface area (Å²) >= 11 is 3.04. The topological polar surface area (TPSA) is 52.0 Å². The molecule has 0 aliphatic heterocycles. The molecule has 0 N–H and O–H groups in total. The van der Waals surface area contributed by atoms with Crippen molar-refractivity contribution in [2.24, 2.45) is 0 Å². The van der Waals surface area contributed by atoms with Crippen LogP contribution in [0.3, 0.4) is 0 Å². The van der Waals surface area contributed by atoms with Gasteiger partial charge in [0.2, 0.25) is 0 Å². The van der Waals surface area contributed by atoms with Crippen molar-refractivity contribution >= 4 is 25.8 Å². The van der Waals surface area contributed by atoms with E-state index in [-0.39, 0.29) is 11.4 Å². The number of sulfone groups is 1. The smallest absolute Gasteiger partial charge is 0.179 e. The summed E-state index contributed by atoms with van der Waals surface area (Å²) in [5.74, 6) is 2.36. The van der Waals surface area contributed by atoms with Gasteiger partial charge in [0.05, 0.1) is 0 Å². The summed E-state index contributed by atoms with van der Waals surface area (Å²) in [7, 11) is -3.23. The largest absolute Gasteiger partial charge is 0.258 e. The van der Waals surface area contributed by atoms with Crippen LogP contribution in [0.2, 0.25) is 0 Å². The monoisotopic (exact) mass is 262 g/mol. The Morgan fingerprint density at radius 1 is 1.77 bits per heavy atom. The number of nitrogens with zero attached hydrogens (tertiary/aromatic N) is 2. The molecule has 0 atom stereocenters. The van der Waals surface area contributed by atoms with E-state index >= 15 is 0 Å². The Kier molecular flexibility index (Phi) is 2.78. The van der Waals surface area contributed by atoms with Gasteiger partial charge in [-0.05, 0) is 15.9 Å². The van der Waals surface area contributed by atoms with Gasteiger partial charge in [0.25, 0.3) is 0 Å². The van der Waals surface area contributed by atoms with E-state index in [0.29, 0.717) is 4.60 Å². The molecule has 1 heterocycles. The zero-order valence-corrected chi connectivity index (χ0v) is 9.26. The van der Waals surface area contributed by atoms with Gasteiger partial charge in [0.1, 0.15) is 16.0 Å². The van der Waals surface area contributed by atoms with Gasteiger partial charge < -0.3 is 0 Å². The van der Waals surface area contributed by atoms with Crippen molar-refractivity contribution in [2.75, 3.05) is 6.26 Å². The molecule has 0 unspecified atom stereocenters. The van der Waals surface area contributed by atoms with E-state index in [0.717, 1.165) is 6.26 Å². The number of hydrogen-bond acceptors (Lipinski definition) is 3. The second kappa shape index (κ2) is 3.52. The van der Waals surface area contributed by atoms with E-state index in [2.05, 4.69) is 26.9 Å². The van der Waals surface area contributed by atoms with E-state index < -0.39 is 9.84 Å². The molecule has 0 aliphatic rings. The van der Waals surface area contributed by atoms with Gasteiger partial charge in [-0.15, -0.1) is 6.42 Å². The number of hydrogen-bond donors (Lipinski definition) is 0. The maximum atomic E-state index is 11.1. The molecule has 4 nitrogen and oxygen atoms in total. The minimum atomic E-state index is -3.23. The third-order valence-electron chi connectivity index (χ3n) is 1.34. The first-order valence-electron chi connectivity index (χ1n) is 3.31. The third-order valence-corrected chi connectivity index (χ3v) is 3.28. The molecule has 70 valence electrons. The molecule has 1 aromatic rings. The molecule has 0 fully saturated rings. The average Bonchev–Trinajstić information content (AvgIpc) is 2.30. The zero-order valence-electron chi connectivity index (χ0n) is 6.86. The lowest BCUT2D eigenvalue weighted by Crippen LogP contribution is -1.96. The highest BCUT2D eigenvalue weighted by Crippen LogP contribution is 2.19. The summed E-state index contributed by atoms with van der Waals surface area (Å²) in [5.41, 5.74) is 0. The van der Waals surface area contributed by atoms with E-state index in [4.69, 9.17) is 6.42 Å². The Hall–Kier alpha value is -0.800. The normalized spacial score (nSPS) is 11.2. The quantitative estimate of drug-likeness (QED) is 0.737. The van der Waals surface area contributed by atoms with E-state index in [1.807, 2.05) is 0 Å². The maximum absolute atomic E-state index is 11.1. The van der Waals surface area contributed by atoms with E-state index in [1.54, 1.807) is 0 Å². The molecule has 0 spiro atoms. The molecule has 0 saturated heterocycles. The first-order valence-corrected chi connectivity index (χ1v) is 6.00. The van der Waals surface area contributed by atoms with Crippen LogP contribution in [-0.4, -0.2) is 24.5 Å². The van der Waals surface area contributed by atoms with Gasteiger partial charge in [-0.2, -0.15) is 5.10 Å². The van der Waals surface area contributed by atoms with Crippen molar-refractivity contribution in [3.05, 3.63) is 10.8 Å². The molecule has 0 aromatic carbocycles.